The lowest BCUT2D eigenvalue weighted by Crippen LogP contribution is -2.76. The van der Waals surface area contributed by atoms with Crippen LogP contribution in [-0.2, 0) is 44.0 Å². The van der Waals surface area contributed by atoms with Gasteiger partial charge in [0.15, 0.2) is 22.6 Å². The molecule has 0 radical (unpaired) electrons. The lowest BCUT2D eigenvalue weighted by atomic mass is 9.53. The lowest BCUT2D eigenvalue weighted by Gasteiger charge is -2.61. The molecule has 3 bridgehead atoms. The van der Waals surface area contributed by atoms with E-state index in [2.05, 4.69) is 13.5 Å². The van der Waals surface area contributed by atoms with E-state index in [0.717, 1.165) is 19.3 Å². The van der Waals surface area contributed by atoms with Crippen molar-refractivity contribution < 1.29 is 53.0 Å². The van der Waals surface area contributed by atoms with Crippen LogP contribution in [0.1, 0.15) is 134 Å². The van der Waals surface area contributed by atoms with Crippen LogP contribution in [0.15, 0.2) is 84.5 Å². The number of epoxide rings is 1. The average Bonchev–Trinajstić information content (AvgIpc) is 3.87. The number of carbonyl (C=O) groups is 3. The minimum Gasteiger partial charge on any atom is -0.462 e. The van der Waals surface area contributed by atoms with E-state index in [1.54, 1.807) is 62.4 Å². The molecule has 330 valence electrons. The van der Waals surface area contributed by atoms with Crippen LogP contribution in [0, 0.1) is 17.8 Å². The Kier molecular flexibility index (Phi) is 12.3. The second-order valence-corrected chi connectivity index (χ2v) is 18.6. The average molecular weight is 841 g/mol. The first-order chi connectivity index (χ1) is 29.3. The third-order valence-electron chi connectivity index (χ3n) is 14.8. The molecule has 12 atom stereocenters. The van der Waals surface area contributed by atoms with Gasteiger partial charge in [0.2, 0.25) is 0 Å². The second-order valence-electron chi connectivity index (χ2n) is 18.6. The van der Waals surface area contributed by atoms with Crippen LogP contribution in [0.5, 0.6) is 0 Å². The fourth-order valence-corrected chi connectivity index (χ4v) is 11.6. The van der Waals surface area contributed by atoms with Crippen LogP contribution in [0.3, 0.4) is 0 Å². The summed E-state index contributed by atoms with van der Waals surface area (Å²) in [5.74, 6) is -6.49. The Balaban J connectivity index is 1.05. The molecule has 11 heteroatoms. The lowest BCUT2D eigenvalue weighted by molar-refractivity contribution is -0.440. The van der Waals surface area contributed by atoms with Gasteiger partial charge in [0, 0.05) is 29.7 Å². The molecule has 3 aliphatic carbocycles. The fourth-order valence-electron chi connectivity index (χ4n) is 11.6. The number of rotatable bonds is 20. The van der Waals surface area contributed by atoms with Gasteiger partial charge in [-0.15, -0.1) is 0 Å². The van der Waals surface area contributed by atoms with E-state index in [0.29, 0.717) is 23.1 Å². The highest BCUT2D eigenvalue weighted by atomic mass is 16.9. The molecule has 5 fully saturated rings. The molecule has 2 aromatic carbocycles. The smallest absolute Gasteiger partial charge is 0.338 e. The molecular formula is C50H64O11. The summed E-state index contributed by atoms with van der Waals surface area (Å²) in [5.41, 5.74) is -5.75. The molecule has 11 nitrogen and oxygen atoms in total. The van der Waals surface area contributed by atoms with Crippen LogP contribution < -0.4 is 0 Å². The molecule has 3 aliphatic heterocycles. The standard InChI is InChI=1S/C50H64O11/c1-6-7-8-9-10-11-12-13-14-15-16-17-24-29-38(51)56-31-46-42(58-46)39-43-48(32(2)3)41(57-44(53)35-25-20-18-21-26-35)34(5)49(39,37-30-33(4)40(52)47(37,55)45(46)54)61-50(59-43,60-48)36-27-22-19-23-28-36/h18-23,25-28,30,34,37,39,41-43,45,54-55H,2,6-17,24,29,31H2,1,3-5H3/t34-,37+,39-,41+,42-,43-,45-,46-,47-,48+,49+,50+/m1/s1. The first-order valence-corrected chi connectivity index (χ1v) is 22.9. The van der Waals surface area contributed by atoms with Crippen molar-refractivity contribution in [1.29, 1.82) is 0 Å². The third kappa shape index (κ3) is 7.06. The van der Waals surface area contributed by atoms with Crippen LogP contribution in [-0.4, -0.2) is 81.4 Å². The van der Waals surface area contributed by atoms with Crippen LogP contribution in [0.4, 0.5) is 0 Å². The summed E-state index contributed by atoms with van der Waals surface area (Å²) in [6.07, 6.45) is 12.4. The molecule has 61 heavy (non-hydrogen) atoms. The van der Waals surface area contributed by atoms with Crippen LogP contribution in [0.2, 0.25) is 0 Å². The Hall–Kier alpha value is -3.71. The van der Waals surface area contributed by atoms with Crippen LogP contribution in [0.25, 0.3) is 0 Å². The molecule has 8 rings (SSSR count). The quantitative estimate of drug-likeness (QED) is 0.0575. The van der Waals surface area contributed by atoms with Crippen molar-refractivity contribution in [3.63, 3.8) is 0 Å². The van der Waals surface area contributed by atoms with Gasteiger partial charge in [0.1, 0.15) is 31.0 Å². The summed E-state index contributed by atoms with van der Waals surface area (Å²) in [4.78, 5) is 41.7. The molecular weight excluding hydrogens is 777 g/mol. The summed E-state index contributed by atoms with van der Waals surface area (Å²) >= 11 is 0. The molecule has 6 aliphatic rings. The number of hydrogen-bond acceptors (Lipinski definition) is 11. The van der Waals surface area contributed by atoms with E-state index in [1.807, 2.05) is 25.1 Å². The topological polar surface area (TPSA) is 150 Å². The number of unbranched alkanes of at least 4 members (excludes halogenated alkanes) is 12. The molecule has 3 heterocycles. The molecule has 2 saturated carbocycles. The van der Waals surface area contributed by atoms with Gasteiger partial charge in [-0.25, -0.2) is 4.79 Å². The zero-order chi connectivity index (χ0) is 43.2. The largest absolute Gasteiger partial charge is 0.462 e. The highest BCUT2D eigenvalue weighted by Crippen LogP contribution is 2.74. The van der Waals surface area contributed by atoms with Gasteiger partial charge in [0.25, 0.3) is 0 Å². The molecule has 0 unspecified atom stereocenters. The van der Waals surface area contributed by atoms with Gasteiger partial charge in [-0.2, -0.15) is 0 Å². The fraction of sp³-hybridized carbons (Fsp3) is 0.620. The number of carbonyl (C=O) groups excluding carboxylic acids is 3. The van der Waals surface area contributed by atoms with Crippen molar-refractivity contribution in [2.24, 2.45) is 17.8 Å². The summed E-state index contributed by atoms with van der Waals surface area (Å²) in [7, 11) is 0. The first kappa shape index (κ1) is 43.9. The van der Waals surface area contributed by atoms with Crippen molar-refractivity contribution in [3.8, 4) is 0 Å². The normalized spacial score (nSPS) is 37.6. The predicted molar refractivity (Wildman–Crippen MR) is 226 cm³/mol. The number of aliphatic hydroxyl groups excluding tert-OH is 1. The minimum atomic E-state index is -2.48. The number of ketones is 1. The maximum atomic E-state index is 14.4. The Labute approximate surface area is 360 Å². The monoisotopic (exact) mass is 840 g/mol. The van der Waals surface area contributed by atoms with E-state index in [-0.39, 0.29) is 12.0 Å². The van der Waals surface area contributed by atoms with E-state index >= 15 is 0 Å². The van der Waals surface area contributed by atoms with Gasteiger partial charge in [0.05, 0.1) is 11.2 Å². The highest BCUT2D eigenvalue weighted by molar-refractivity contribution is 6.05. The number of ether oxygens (including phenoxy) is 6. The van der Waals surface area contributed by atoms with E-state index in [1.165, 1.54) is 57.8 Å². The number of aliphatic hydroxyl groups is 2. The molecule has 0 aromatic heterocycles. The highest BCUT2D eigenvalue weighted by Gasteiger charge is 2.91. The van der Waals surface area contributed by atoms with Gasteiger partial charge in [-0.3, -0.25) is 9.59 Å². The zero-order valence-corrected chi connectivity index (χ0v) is 36.3. The number of Topliss-reactive ketones (excluding diaryl/α,β-unsaturated/α-hetero) is 1. The molecule has 0 spiro atoms. The maximum absolute atomic E-state index is 14.4. The minimum absolute atomic E-state index is 0.195. The van der Waals surface area contributed by atoms with Gasteiger partial charge < -0.3 is 38.6 Å². The number of fused-ring (bicyclic) bond motifs is 3. The van der Waals surface area contributed by atoms with Crippen LogP contribution >= 0.6 is 0 Å². The Morgan fingerprint density at radius 2 is 1.41 bits per heavy atom. The maximum Gasteiger partial charge on any atom is 0.338 e. The van der Waals surface area contributed by atoms with Gasteiger partial charge in [-0.05, 0) is 43.5 Å². The Bertz CT molecular complexity index is 1980. The third-order valence-corrected chi connectivity index (χ3v) is 14.8. The molecule has 0 amide bonds. The second kappa shape index (κ2) is 17.1. The van der Waals surface area contributed by atoms with Gasteiger partial charge in [-0.1, -0.05) is 152 Å². The summed E-state index contributed by atoms with van der Waals surface area (Å²) in [6, 6.07) is 17.7. The summed E-state index contributed by atoms with van der Waals surface area (Å²) in [5, 5.41) is 25.4. The van der Waals surface area contributed by atoms with Crippen molar-refractivity contribution in [2.45, 2.75) is 170 Å². The Morgan fingerprint density at radius 3 is 2.02 bits per heavy atom. The van der Waals surface area contributed by atoms with Crippen molar-refractivity contribution >= 4 is 17.7 Å². The first-order valence-electron chi connectivity index (χ1n) is 22.9. The van der Waals surface area contributed by atoms with Crippen molar-refractivity contribution in [1.82, 2.24) is 0 Å². The number of esters is 2. The molecule has 2 aromatic rings. The summed E-state index contributed by atoms with van der Waals surface area (Å²) in [6.45, 7) is 11.5. The van der Waals surface area contributed by atoms with Crippen molar-refractivity contribution in [3.05, 3.63) is 95.6 Å². The van der Waals surface area contributed by atoms with E-state index in [9.17, 15) is 24.6 Å². The summed E-state index contributed by atoms with van der Waals surface area (Å²) < 4.78 is 40.3. The van der Waals surface area contributed by atoms with Gasteiger partial charge >= 0.3 is 17.9 Å². The van der Waals surface area contributed by atoms with Crippen molar-refractivity contribution in [2.75, 3.05) is 6.61 Å². The molecule has 3 saturated heterocycles. The molecule has 2 N–H and O–H groups in total. The number of hydrogen-bond donors (Lipinski definition) is 2. The van der Waals surface area contributed by atoms with E-state index < -0.39 is 94.9 Å². The number of benzene rings is 2. The Morgan fingerprint density at radius 1 is 0.820 bits per heavy atom. The van der Waals surface area contributed by atoms with E-state index in [4.69, 9.17) is 28.4 Å². The zero-order valence-electron chi connectivity index (χ0n) is 36.3. The predicted octanol–water partition coefficient (Wildman–Crippen LogP) is 8.20. The SMILES string of the molecule is C=C(C)[C@@]12O[C@]3(c4ccccc4)O[C@@H]1[C@H]1[C@H]4O[C@@]4(COC(=O)CCCCCCCCCCCCCCC)[C@@H](O)[C@]4(O)C(=O)C(C)=C[C@@H]4[C@@]1(O3)[C@H](C)[C@@H]2OC(=O)c1ccccc1.